The van der Waals surface area contributed by atoms with Crippen LogP contribution in [0.1, 0.15) is 55.4 Å². The molecule has 7 heteroatoms. The van der Waals surface area contributed by atoms with Crippen molar-refractivity contribution in [2.45, 2.75) is 72.4 Å². The van der Waals surface area contributed by atoms with E-state index in [1.54, 1.807) is 14.2 Å². The van der Waals surface area contributed by atoms with Gasteiger partial charge in [-0.05, 0) is 77.0 Å². The molecule has 1 atom stereocenters. The molecule has 0 fully saturated rings. The van der Waals surface area contributed by atoms with Crippen molar-refractivity contribution in [3.63, 3.8) is 0 Å². The Morgan fingerprint density at radius 1 is 0.964 bits per heavy atom. The Kier molecular flexibility index (Phi) is 9.09. The molecule has 0 saturated carbocycles. The minimum absolute atomic E-state index is 0.0404. The second-order valence-corrected chi connectivity index (χ2v) is 7.25. The molecule has 0 aliphatic heterocycles. The summed E-state index contributed by atoms with van der Waals surface area (Å²) in [5, 5.41) is 2.75. The van der Waals surface area contributed by atoms with Crippen LogP contribution in [-0.4, -0.2) is 38.4 Å². The number of hydrogen-bond acceptors (Lipinski definition) is 5. The highest BCUT2D eigenvalue weighted by atomic mass is 16.6. The average molecular weight is 395 g/mol. The van der Waals surface area contributed by atoms with Crippen LogP contribution in [0.5, 0.6) is 11.5 Å². The van der Waals surface area contributed by atoms with Crippen LogP contribution >= 0.6 is 0 Å². The Morgan fingerprint density at radius 2 is 1.54 bits per heavy atom. The van der Waals surface area contributed by atoms with Crippen molar-refractivity contribution in [2.24, 2.45) is 5.73 Å². The smallest absolute Gasteiger partial charge is 0.405 e. The Bertz CT molecular complexity index is 701. The highest BCUT2D eigenvalue weighted by Gasteiger charge is 2.23. The number of primary amides is 1. The Labute approximate surface area is 167 Å². The largest absolute Gasteiger partial charge is 0.496 e. The third-order valence-electron chi connectivity index (χ3n) is 4.84. The van der Waals surface area contributed by atoms with Gasteiger partial charge in [0.25, 0.3) is 5.91 Å². The van der Waals surface area contributed by atoms with E-state index in [0.29, 0.717) is 12.8 Å². The molecule has 1 unspecified atom stereocenters. The zero-order valence-electron chi connectivity index (χ0n) is 18.1. The van der Waals surface area contributed by atoms with Crippen LogP contribution in [0, 0.1) is 20.8 Å². The maximum atomic E-state index is 12.2. The van der Waals surface area contributed by atoms with Gasteiger partial charge < -0.3 is 25.3 Å². The van der Waals surface area contributed by atoms with Crippen LogP contribution in [-0.2, 0) is 16.0 Å². The minimum Gasteiger partial charge on any atom is -0.496 e. The molecule has 0 aromatic heterocycles. The van der Waals surface area contributed by atoms with Crippen LogP contribution in [0.4, 0.5) is 4.79 Å². The van der Waals surface area contributed by atoms with Crippen molar-refractivity contribution in [3.05, 3.63) is 22.3 Å². The first-order valence-electron chi connectivity index (χ1n) is 9.61. The summed E-state index contributed by atoms with van der Waals surface area (Å²) < 4.78 is 16.2. The van der Waals surface area contributed by atoms with E-state index in [0.717, 1.165) is 46.6 Å². The summed E-state index contributed by atoms with van der Waals surface area (Å²) in [6, 6.07) is -0.0404. The van der Waals surface area contributed by atoms with Crippen LogP contribution in [0.3, 0.4) is 0 Å². The number of hydrogen-bond donors (Lipinski definition) is 2. The summed E-state index contributed by atoms with van der Waals surface area (Å²) in [6.07, 6.45) is 0.849. The van der Waals surface area contributed by atoms with E-state index in [1.807, 2.05) is 34.6 Å². The van der Waals surface area contributed by atoms with Crippen molar-refractivity contribution in [2.75, 3.05) is 14.2 Å². The highest BCUT2D eigenvalue weighted by Crippen LogP contribution is 2.38. The molecule has 0 aliphatic rings. The van der Waals surface area contributed by atoms with Gasteiger partial charge in [-0.3, -0.25) is 4.79 Å². The lowest BCUT2D eigenvalue weighted by atomic mass is 9.93. The zero-order valence-corrected chi connectivity index (χ0v) is 18.1. The van der Waals surface area contributed by atoms with Crippen molar-refractivity contribution in [1.82, 2.24) is 5.32 Å². The van der Waals surface area contributed by atoms with Crippen molar-refractivity contribution < 1.29 is 23.8 Å². The molecule has 1 rings (SSSR count). The van der Waals surface area contributed by atoms with Gasteiger partial charge in [-0.15, -0.1) is 0 Å². The highest BCUT2D eigenvalue weighted by molar-refractivity contribution is 5.83. The van der Waals surface area contributed by atoms with Gasteiger partial charge >= 0.3 is 6.09 Å². The first-order chi connectivity index (χ1) is 13.1. The normalized spacial score (nSPS) is 11.9. The molecular formula is C21H34N2O5. The molecule has 0 spiro atoms. The number of methoxy groups -OCH3 is 2. The predicted molar refractivity (Wildman–Crippen MR) is 109 cm³/mol. The SMILES string of the molecule is COc1c(C)c(C)c(OC)c(CCCCC(OC(N)=O)C(=O)NC(C)C)c1C. The topological polar surface area (TPSA) is 99.9 Å². The van der Waals surface area contributed by atoms with Gasteiger partial charge in [-0.2, -0.15) is 0 Å². The second-order valence-electron chi connectivity index (χ2n) is 7.25. The van der Waals surface area contributed by atoms with Crippen molar-refractivity contribution >= 4 is 12.0 Å². The molecule has 1 aromatic rings. The first-order valence-corrected chi connectivity index (χ1v) is 9.61. The summed E-state index contributed by atoms with van der Waals surface area (Å²) in [5.41, 5.74) is 9.40. The third kappa shape index (κ3) is 6.04. The van der Waals surface area contributed by atoms with Crippen molar-refractivity contribution in [1.29, 1.82) is 0 Å². The van der Waals surface area contributed by atoms with Gasteiger partial charge in [0.2, 0.25) is 0 Å². The van der Waals surface area contributed by atoms with E-state index in [-0.39, 0.29) is 11.9 Å². The summed E-state index contributed by atoms with van der Waals surface area (Å²) in [4.78, 5) is 23.3. The molecule has 0 saturated heterocycles. The molecule has 1 aromatic carbocycles. The van der Waals surface area contributed by atoms with Crippen LogP contribution in [0.2, 0.25) is 0 Å². The lowest BCUT2D eigenvalue weighted by molar-refractivity contribution is -0.130. The fourth-order valence-electron chi connectivity index (χ4n) is 3.43. The van der Waals surface area contributed by atoms with E-state index < -0.39 is 12.2 Å². The Balaban J connectivity index is 2.85. The van der Waals surface area contributed by atoms with E-state index in [9.17, 15) is 9.59 Å². The fraction of sp³-hybridized carbons (Fsp3) is 0.619. The minimum atomic E-state index is -0.944. The molecule has 3 N–H and O–H groups in total. The summed E-state index contributed by atoms with van der Waals surface area (Å²) in [7, 11) is 3.34. The molecule has 0 bridgehead atoms. The van der Waals surface area contributed by atoms with Gasteiger partial charge in [0.1, 0.15) is 11.5 Å². The lowest BCUT2D eigenvalue weighted by Gasteiger charge is -2.21. The maximum Gasteiger partial charge on any atom is 0.405 e. The number of rotatable bonds is 10. The summed E-state index contributed by atoms with van der Waals surface area (Å²) in [5.74, 6) is 1.42. The van der Waals surface area contributed by atoms with E-state index in [1.165, 1.54) is 0 Å². The second kappa shape index (κ2) is 10.8. The van der Waals surface area contributed by atoms with Gasteiger partial charge in [-0.1, -0.05) is 0 Å². The first kappa shape index (κ1) is 23.6. The maximum absolute atomic E-state index is 12.2. The van der Waals surface area contributed by atoms with Gasteiger partial charge in [0.15, 0.2) is 6.10 Å². The van der Waals surface area contributed by atoms with Crippen LogP contribution < -0.4 is 20.5 Å². The Hall–Kier alpha value is -2.44. The molecule has 7 nitrogen and oxygen atoms in total. The monoisotopic (exact) mass is 394 g/mol. The molecule has 0 aliphatic carbocycles. The summed E-state index contributed by atoms with van der Waals surface area (Å²) in [6.45, 7) is 9.76. The van der Waals surface area contributed by atoms with E-state index in [4.69, 9.17) is 19.9 Å². The number of carbonyl (C=O) groups is 2. The quantitative estimate of drug-likeness (QED) is 0.593. The average Bonchev–Trinajstić information content (AvgIpc) is 2.61. The lowest BCUT2D eigenvalue weighted by Crippen LogP contribution is -2.41. The third-order valence-corrected chi connectivity index (χ3v) is 4.84. The molecule has 28 heavy (non-hydrogen) atoms. The number of amides is 2. The van der Waals surface area contributed by atoms with Gasteiger partial charge in [-0.25, -0.2) is 4.79 Å². The van der Waals surface area contributed by atoms with E-state index >= 15 is 0 Å². The number of benzene rings is 1. The van der Waals surface area contributed by atoms with Crippen LogP contribution in [0.15, 0.2) is 0 Å². The molecular weight excluding hydrogens is 360 g/mol. The number of unbranched alkanes of at least 4 members (excludes halogenated alkanes) is 1. The molecule has 0 radical (unpaired) electrons. The van der Waals surface area contributed by atoms with Gasteiger partial charge in [0.05, 0.1) is 14.2 Å². The molecule has 0 heterocycles. The predicted octanol–water partition coefficient (Wildman–Crippen LogP) is 3.33. The standard InChI is InChI=1S/C21H34N2O5/c1-12(2)23-20(24)17(28-21(22)25)11-9-8-10-16-15(5)18(26-6)13(3)14(4)19(16)27-7/h12,17H,8-11H2,1-7H3,(H2,22,25)(H,23,24). The number of carbonyl (C=O) groups excluding carboxylic acids is 2. The van der Waals surface area contributed by atoms with E-state index in [2.05, 4.69) is 5.32 Å². The number of ether oxygens (including phenoxy) is 3. The Morgan fingerprint density at radius 3 is 2.04 bits per heavy atom. The molecule has 158 valence electrons. The van der Waals surface area contributed by atoms with Gasteiger partial charge in [0, 0.05) is 11.6 Å². The molecule has 2 amide bonds. The fourth-order valence-corrected chi connectivity index (χ4v) is 3.43. The summed E-state index contributed by atoms with van der Waals surface area (Å²) >= 11 is 0. The zero-order chi connectivity index (χ0) is 21.4. The number of nitrogens with one attached hydrogen (secondary N) is 1. The van der Waals surface area contributed by atoms with Crippen LogP contribution in [0.25, 0.3) is 0 Å². The number of nitrogens with two attached hydrogens (primary N) is 1. The van der Waals surface area contributed by atoms with Crippen molar-refractivity contribution in [3.8, 4) is 11.5 Å².